The molecule has 0 aliphatic heterocycles. The Hall–Kier alpha value is -1.16. The summed E-state index contributed by atoms with van der Waals surface area (Å²) in [4.78, 5) is 22.0. The normalized spacial score (nSPS) is 11.2. The van der Waals surface area contributed by atoms with Crippen molar-refractivity contribution in [3.63, 3.8) is 0 Å². The molecule has 0 saturated heterocycles. The molecule has 0 aliphatic rings. The Morgan fingerprint density at radius 2 is 2.23 bits per heavy atom. The zero-order valence-corrected chi connectivity index (χ0v) is 8.22. The number of carbonyl (C=O) groups excluding carboxylic acids is 1. The van der Waals surface area contributed by atoms with Crippen molar-refractivity contribution in [1.82, 2.24) is 0 Å². The van der Waals surface area contributed by atoms with Crippen molar-refractivity contribution in [3.05, 3.63) is 21.9 Å². The molecule has 0 spiro atoms. The summed E-state index contributed by atoms with van der Waals surface area (Å²) >= 11 is 1.30. The number of hydrogen-bond donors (Lipinski definition) is 1. The molecule has 1 aromatic heterocycles. The van der Waals surface area contributed by atoms with E-state index in [0.717, 1.165) is 11.2 Å². The van der Waals surface area contributed by atoms with Crippen LogP contribution in [-0.4, -0.2) is 17.4 Å². The lowest BCUT2D eigenvalue weighted by molar-refractivity contribution is -0.111. The van der Waals surface area contributed by atoms with Gasteiger partial charge in [0.15, 0.2) is 0 Å². The fraction of sp³-hybridized carbons (Fsp3) is 0.333. The zero-order chi connectivity index (χ0) is 10.1. The van der Waals surface area contributed by atoms with Gasteiger partial charge < -0.3 is 9.90 Å². The van der Waals surface area contributed by atoms with Crippen LogP contribution in [0.15, 0.2) is 11.4 Å². The first-order valence-electron chi connectivity index (χ1n) is 3.76. The highest BCUT2D eigenvalue weighted by Crippen LogP contribution is 2.27. The highest BCUT2D eigenvalue weighted by molar-refractivity contribution is 7.10. The number of carboxylic acids is 1. The molecular weight excluding hydrogens is 188 g/mol. The maximum Gasteiger partial charge on any atom is 0.336 e. The Kier molecular flexibility index (Phi) is 2.52. The molecule has 3 nitrogen and oxygen atoms in total. The molecule has 0 saturated carbocycles. The van der Waals surface area contributed by atoms with E-state index < -0.39 is 11.4 Å². The van der Waals surface area contributed by atoms with Gasteiger partial charge in [0.25, 0.3) is 0 Å². The maximum atomic E-state index is 10.7. The van der Waals surface area contributed by atoms with Crippen LogP contribution in [0, 0.1) is 0 Å². The van der Waals surface area contributed by atoms with Gasteiger partial charge in [-0.15, -0.1) is 11.3 Å². The first-order chi connectivity index (χ1) is 5.97. The van der Waals surface area contributed by atoms with Gasteiger partial charge in [-0.1, -0.05) is 0 Å². The summed E-state index contributed by atoms with van der Waals surface area (Å²) in [5.41, 5.74) is -0.340. The van der Waals surface area contributed by atoms with Gasteiger partial charge in [-0.2, -0.15) is 0 Å². The topological polar surface area (TPSA) is 54.4 Å². The second-order valence-electron chi connectivity index (χ2n) is 3.34. The summed E-state index contributed by atoms with van der Waals surface area (Å²) in [7, 11) is 0. The van der Waals surface area contributed by atoms with Crippen molar-refractivity contribution in [2.75, 3.05) is 0 Å². The Morgan fingerprint density at radius 3 is 2.62 bits per heavy atom. The van der Waals surface area contributed by atoms with E-state index in [4.69, 9.17) is 5.11 Å². The lowest BCUT2D eigenvalue weighted by Crippen LogP contribution is -2.16. The summed E-state index contributed by atoms with van der Waals surface area (Å²) in [6.45, 7) is 3.52. The van der Waals surface area contributed by atoms with E-state index in [2.05, 4.69) is 0 Å². The second kappa shape index (κ2) is 3.30. The fourth-order valence-corrected chi connectivity index (χ4v) is 1.81. The molecule has 1 N–H and O–H groups in total. The monoisotopic (exact) mass is 198 g/mol. The van der Waals surface area contributed by atoms with E-state index in [0.29, 0.717) is 0 Å². The Bertz CT molecular complexity index is 338. The standard InChI is InChI=1S/C9H10O3S/c1-9(2,5-10)7-3-6(4-13-7)8(11)12/h3-5H,1-2H3,(H,11,12). The molecule has 1 aromatic rings. The molecule has 0 atom stereocenters. The largest absolute Gasteiger partial charge is 0.478 e. The minimum absolute atomic E-state index is 0.245. The van der Waals surface area contributed by atoms with Crippen LogP contribution in [0.5, 0.6) is 0 Å². The van der Waals surface area contributed by atoms with Crippen LogP contribution in [0.4, 0.5) is 0 Å². The number of aromatic carboxylic acids is 1. The van der Waals surface area contributed by atoms with Crippen LogP contribution in [0.2, 0.25) is 0 Å². The quantitative estimate of drug-likeness (QED) is 0.755. The summed E-state index contributed by atoms with van der Waals surface area (Å²) in [5, 5.41) is 10.2. The number of carboxylic acid groups (broad SMARTS) is 1. The van der Waals surface area contributed by atoms with Crippen LogP contribution in [-0.2, 0) is 10.2 Å². The fourth-order valence-electron chi connectivity index (χ4n) is 0.844. The molecule has 0 fully saturated rings. The van der Waals surface area contributed by atoms with E-state index in [1.165, 1.54) is 11.3 Å². The summed E-state index contributed by atoms with van der Waals surface area (Å²) in [5.74, 6) is -0.954. The third kappa shape index (κ3) is 1.95. The molecule has 70 valence electrons. The van der Waals surface area contributed by atoms with Crippen LogP contribution in [0.25, 0.3) is 0 Å². The van der Waals surface area contributed by atoms with Gasteiger partial charge in [-0.25, -0.2) is 4.79 Å². The van der Waals surface area contributed by atoms with E-state index in [9.17, 15) is 9.59 Å². The van der Waals surface area contributed by atoms with Crippen molar-refractivity contribution in [2.24, 2.45) is 0 Å². The predicted molar refractivity (Wildman–Crippen MR) is 50.4 cm³/mol. The highest BCUT2D eigenvalue weighted by Gasteiger charge is 2.22. The third-order valence-corrected chi connectivity index (χ3v) is 3.05. The number of carbonyl (C=O) groups is 2. The highest BCUT2D eigenvalue weighted by atomic mass is 32.1. The molecule has 1 rings (SSSR count). The molecule has 0 radical (unpaired) electrons. The number of hydrogen-bond acceptors (Lipinski definition) is 3. The van der Waals surface area contributed by atoms with Crippen LogP contribution in [0.3, 0.4) is 0 Å². The summed E-state index contributed by atoms with van der Waals surface area (Å²) < 4.78 is 0. The second-order valence-corrected chi connectivity index (χ2v) is 4.26. The van der Waals surface area contributed by atoms with Gasteiger partial charge in [0, 0.05) is 10.3 Å². The lowest BCUT2D eigenvalue weighted by Gasteiger charge is -2.13. The molecule has 1 heterocycles. The van der Waals surface area contributed by atoms with Gasteiger partial charge in [0.2, 0.25) is 0 Å². The smallest absolute Gasteiger partial charge is 0.336 e. The number of aldehydes is 1. The van der Waals surface area contributed by atoms with Gasteiger partial charge in [0.05, 0.1) is 11.0 Å². The first kappa shape index (κ1) is 9.92. The van der Waals surface area contributed by atoms with Crippen molar-refractivity contribution >= 4 is 23.6 Å². The van der Waals surface area contributed by atoms with Crippen LogP contribution < -0.4 is 0 Å². The molecule has 0 aromatic carbocycles. The SMILES string of the molecule is CC(C)(C=O)c1cc(C(=O)O)cs1. The number of thiophene rings is 1. The molecular formula is C9H10O3S. The van der Waals surface area contributed by atoms with E-state index >= 15 is 0 Å². The van der Waals surface area contributed by atoms with Crippen molar-refractivity contribution in [2.45, 2.75) is 19.3 Å². The average molecular weight is 198 g/mol. The zero-order valence-electron chi connectivity index (χ0n) is 7.40. The summed E-state index contributed by atoms with van der Waals surface area (Å²) in [6, 6.07) is 1.54. The third-order valence-electron chi connectivity index (χ3n) is 1.78. The molecule has 0 amide bonds. The molecule has 4 heteroatoms. The van der Waals surface area contributed by atoms with Crippen LogP contribution >= 0.6 is 11.3 Å². The summed E-state index contributed by atoms with van der Waals surface area (Å²) in [6.07, 6.45) is 0.824. The Morgan fingerprint density at radius 1 is 1.62 bits per heavy atom. The van der Waals surface area contributed by atoms with E-state index in [1.54, 1.807) is 25.3 Å². The maximum absolute atomic E-state index is 10.7. The van der Waals surface area contributed by atoms with Gasteiger partial charge in [-0.3, -0.25) is 0 Å². The Labute approximate surface area is 80.0 Å². The first-order valence-corrected chi connectivity index (χ1v) is 4.64. The number of rotatable bonds is 3. The van der Waals surface area contributed by atoms with E-state index in [1.807, 2.05) is 0 Å². The van der Waals surface area contributed by atoms with Crippen LogP contribution in [0.1, 0.15) is 29.1 Å². The molecule has 0 aliphatic carbocycles. The predicted octanol–water partition coefficient (Wildman–Crippen LogP) is 1.92. The van der Waals surface area contributed by atoms with Gasteiger partial charge in [0.1, 0.15) is 6.29 Å². The molecule has 0 unspecified atom stereocenters. The van der Waals surface area contributed by atoms with Gasteiger partial charge >= 0.3 is 5.97 Å². The lowest BCUT2D eigenvalue weighted by atomic mass is 9.93. The minimum Gasteiger partial charge on any atom is -0.478 e. The van der Waals surface area contributed by atoms with E-state index in [-0.39, 0.29) is 5.56 Å². The van der Waals surface area contributed by atoms with Crippen molar-refractivity contribution < 1.29 is 14.7 Å². The Balaban J connectivity index is 3.05. The molecule has 0 bridgehead atoms. The molecule has 13 heavy (non-hydrogen) atoms. The minimum atomic E-state index is -0.954. The van der Waals surface area contributed by atoms with Crippen molar-refractivity contribution in [3.8, 4) is 0 Å². The average Bonchev–Trinajstić information content (AvgIpc) is 2.52. The van der Waals surface area contributed by atoms with Crippen molar-refractivity contribution in [1.29, 1.82) is 0 Å². The van der Waals surface area contributed by atoms with Gasteiger partial charge in [-0.05, 0) is 19.9 Å².